The molecule has 0 aliphatic carbocycles. The van der Waals surface area contributed by atoms with E-state index >= 15 is 0 Å². The summed E-state index contributed by atoms with van der Waals surface area (Å²) < 4.78 is 5.27. The van der Waals surface area contributed by atoms with Crippen LogP contribution in [0.4, 0.5) is 11.4 Å². The van der Waals surface area contributed by atoms with Gasteiger partial charge in [0.25, 0.3) is 5.91 Å². The molecule has 37 heavy (non-hydrogen) atoms. The summed E-state index contributed by atoms with van der Waals surface area (Å²) in [6.07, 6.45) is 0. The van der Waals surface area contributed by atoms with Crippen LogP contribution >= 0.6 is 0 Å². The number of piperazine rings is 1. The third kappa shape index (κ3) is 5.26. The number of hydrogen-bond donors (Lipinski definition) is 1. The number of nitrogens with one attached hydrogen (secondary N) is 1. The predicted octanol–water partition coefficient (Wildman–Crippen LogP) is 5.14. The van der Waals surface area contributed by atoms with Crippen molar-refractivity contribution in [3.8, 4) is 17.0 Å². The van der Waals surface area contributed by atoms with Gasteiger partial charge in [-0.15, -0.1) is 0 Å². The Bertz CT molecular complexity index is 1440. The van der Waals surface area contributed by atoms with Crippen LogP contribution in [0.1, 0.15) is 22.8 Å². The highest BCUT2D eigenvalue weighted by Gasteiger charge is 2.25. The van der Waals surface area contributed by atoms with E-state index in [9.17, 15) is 9.59 Å². The molecule has 4 aromatic rings. The van der Waals surface area contributed by atoms with Gasteiger partial charge in [0.05, 0.1) is 23.9 Å². The number of amides is 2. The number of pyridine rings is 1. The quantitative estimate of drug-likeness (QED) is 0.416. The molecule has 7 heteroatoms. The third-order valence-electron chi connectivity index (χ3n) is 6.70. The van der Waals surface area contributed by atoms with Crippen molar-refractivity contribution in [2.45, 2.75) is 13.8 Å². The van der Waals surface area contributed by atoms with Gasteiger partial charge in [-0.05, 0) is 61.5 Å². The second-order valence-corrected chi connectivity index (χ2v) is 9.31. The average Bonchev–Trinajstić information content (AvgIpc) is 2.92. The monoisotopic (exact) mass is 494 g/mol. The van der Waals surface area contributed by atoms with Crippen molar-refractivity contribution in [3.63, 3.8) is 0 Å². The molecule has 0 radical (unpaired) electrons. The first-order valence-electron chi connectivity index (χ1n) is 12.4. The van der Waals surface area contributed by atoms with Crippen LogP contribution in [-0.4, -0.2) is 55.0 Å². The highest BCUT2D eigenvalue weighted by molar-refractivity contribution is 6.07. The summed E-state index contributed by atoms with van der Waals surface area (Å²) in [5.74, 6) is 0.730. The van der Waals surface area contributed by atoms with Crippen LogP contribution in [0.2, 0.25) is 0 Å². The first-order valence-corrected chi connectivity index (χ1v) is 12.4. The molecule has 0 unspecified atom stereocenters. The fourth-order valence-electron chi connectivity index (χ4n) is 4.72. The van der Waals surface area contributed by atoms with E-state index in [-0.39, 0.29) is 11.8 Å². The first kappa shape index (κ1) is 24.3. The van der Waals surface area contributed by atoms with Gasteiger partial charge in [-0.3, -0.25) is 9.59 Å². The van der Waals surface area contributed by atoms with Crippen LogP contribution in [-0.2, 0) is 4.79 Å². The molecule has 1 N–H and O–H groups in total. The molecule has 1 aliphatic rings. The molecular weight excluding hydrogens is 464 g/mol. The van der Waals surface area contributed by atoms with Gasteiger partial charge in [0.2, 0.25) is 5.91 Å². The second kappa shape index (κ2) is 10.3. The van der Waals surface area contributed by atoms with Crippen LogP contribution < -0.4 is 15.0 Å². The molecule has 188 valence electrons. The van der Waals surface area contributed by atoms with Gasteiger partial charge in [0.15, 0.2) is 0 Å². The lowest BCUT2D eigenvalue weighted by Crippen LogP contribution is -2.48. The highest BCUT2D eigenvalue weighted by atomic mass is 16.5. The summed E-state index contributed by atoms with van der Waals surface area (Å²) in [5, 5.41) is 3.64. The van der Waals surface area contributed by atoms with E-state index in [4.69, 9.17) is 9.72 Å². The SMILES string of the molecule is COc1ccc(N2CCN(C(=O)c3cc(-c4ccc(NC(C)=O)cc4)nc4ccc(C)cc34)CC2)cc1. The van der Waals surface area contributed by atoms with Gasteiger partial charge >= 0.3 is 0 Å². The fraction of sp³-hybridized carbons (Fsp3) is 0.233. The largest absolute Gasteiger partial charge is 0.497 e. The molecule has 2 amide bonds. The maximum absolute atomic E-state index is 13.8. The van der Waals surface area contributed by atoms with E-state index in [0.29, 0.717) is 18.7 Å². The lowest BCUT2D eigenvalue weighted by molar-refractivity contribution is -0.114. The molecule has 1 fully saturated rings. The molecule has 0 atom stereocenters. The highest BCUT2D eigenvalue weighted by Crippen LogP contribution is 2.28. The molecule has 1 aromatic heterocycles. The van der Waals surface area contributed by atoms with Crippen molar-refractivity contribution >= 4 is 34.1 Å². The zero-order valence-corrected chi connectivity index (χ0v) is 21.3. The Morgan fingerprint density at radius 3 is 2.24 bits per heavy atom. The maximum atomic E-state index is 13.8. The van der Waals surface area contributed by atoms with E-state index in [1.165, 1.54) is 6.92 Å². The Morgan fingerprint density at radius 1 is 0.892 bits per heavy atom. The van der Waals surface area contributed by atoms with Gasteiger partial charge < -0.3 is 19.9 Å². The summed E-state index contributed by atoms with van der Waals surface area (Å²) >= 11 is 0. The summed E-state index contributed by atoms with van der Waals surface area (Å²) in [6.45, 7) is 6.31. The minimum absolute atomic E-state index is 0.0171. The molecular formula is C30H30N4O3. The molecule has 0 saturated carbocycles. The minimum Gasteiger partial charge on any atom is -0.497 e. The Hall–Kier alpha value is -4.39. The predicted molar refractivity (Wildman–Crippen MR) is 147 cm³/mol. The van der Waals surface area contributed by atoms with Crippen molar-refractivity contribution in [2.24, 2.45) is 0 Å². The average molecular weight is 495 g/mol. The number of carbonyl (C=O) groups is 2. The topological polar surface area (TPSA) is 74.8 Å². The summed E-state index contributed by atoms with van der Waals surface area (Å²) in [4.78, 5) is 34.3. The number of ether oxygens (including phenoxy) is 1. The number of nitrogens with zero attached hydrogens (tertiary/aromatic N) is 3. The van der Waals surface area contributed by atoms with Crippen LogP contribution in [0.15, 0.2) is 72.8 Å². The van der Waals surface area contributed by atoms with E-state index < -0.39 is 0 Å². The van der Waals surface area contributed by atoms with Gasteiger partial charge in [-0.1, -0.05) is 23.8 Å². The van der Waals surface area contributed by atoms with Gasteiger partial charge in [0.1, 0.15) is 5.75 Å². The number of anilines is 2. The van der Waals surface area contributed by atoms with E-state index in [1.807, 2.05) is 72.5 Å². The zero-order valence-electron chi connectivity index (χ0n) is 21.3. The summed E-state index contributed by atoms with van der Waals surface area (Å²) in [5.41, 5.74) is 5.99. The lowest BCUT2D eigenvalue weighted by Gasteiger charge is -2.36. The van der Waals surface area contributed by atoms with Gasteiger partial charge in [-0.25, -0.2) is 4.98 Å². The van der Waals surface area contributed by atoms with Gasteiger partial charge in [-0.2, -0.15) is 0 Å². The van der Waals surface area contributed by atoms with Crippen LogP contribution in [0.25, 0.3) is 22.2 Å². The van der Waals surface area contributed by atoms with Crippen LogP contribution in [0.5, 0.6) is 5.75 Å². The summed E-state index contributed by atoms with van der Waals surface area (Å²) in [7, 11) is 1.66. The fourth-order valence-corrected chi connectivity index (χ4v) is 4.72. The van der Waals surface area contributed by atoms with E-state index in [1.54, 1.807) is 7.11 Å². The number of aryl methyl sites for hydroxylation is 1. The van der Waals surface area contributed by atoms with Crippen molar-refractivity contribution < 1.29 is 14.3 Å². The lowest BCUT2D eigenvalue weighted by atomic mass is 10.0. The number of hydrogen-bond acceptors (Lipinski definition) is 5. The van der Waals surface area contributed by atoms with Crippen LogP contribution in [0, 0.1) is 6.92 Å². The van der Waals surface area contributed by atoms with Crippen LogP contribution in [0.3, 0.4) is 0 Å². The first-order chi connectivity index (χ1) is 17.9. The van der Waals surface area contributed by atoms with Crippen molar-refractivity contribution in [3.05, 3.63) is 83.9 Å². The van der Waals surface area contributed by atoms with E-state index in [2.05, 4.69) is 22.3 Å². The normalized spacial score (nSPS) is 13.5. The van der Waals surface area contributed by atoms with Gasteiger partial charge in [0, 0.05) is 55.4 Å². The summed E-state index contributed by atoms with van der Waals surface area (Å²) in [6, 6.07) is 23.5. The Balaban J connectivity index is 1.41. The third-order valence-corrected chi connectivity index (χ3v) is 6.70. The van der Waals surface area contributed by atoms with Crippen molar-refractivity contribution in [2.75, 3.05) is 43.5 Å². The number of methoxy groups -OCH3 is 1. The molecule has 5 rings (SSSR count). The molecule has 7 nitrogen and oxygen atoms in total. The Morgan fingerprint density at radius 2 is 1.59 bits per heavy atom. The molecule has 0 bridgehead atoms. The molecule has 1 saturated heterocycles. The zero-order chi connectivity index (χ0) is 25.9. The molecule has 1 aliphatic heterocycles. The van der Waals surface area contributed by atoms with Crippen molar-refractivity contribution in [1.82, 2.24) is 9.88 Å². The number of rotatable bonds is 5. The number of carbonyl (C=O) groups excluding carboxylic acids is 2. The molecule has 2 heterocycles. The minimum atomic E-state index is -0.119. The molecule has 3 aromatic carbocycles. The standard InChI is InChI=1S/C30H30N4O3/c1-20-4-13-28-26(18-20)27(19-29(32-28)22-5-7-23(8-6-22)31-21(2)35)30(36)34-16-14-33(15-17-34)24-9-11-25(37-3)12-10-24/h4-13,18-19H,14-17H2,1-3H3,(H,31,35). The number of aromatic nitrogens is 1. The number of fused-ring (bicyclic) bond motifs is 1. The Labute approximate surface area is 216 Å². The Kier molecular flexibility index (Phi) is 6.77. The maximum Gasteiger partial charge on any atom is 0.254 e. The second-order valence-electron chi connectivity index (χ2n) is 9.31. The molecule has 0 spiro atoms. The van der Waals surface area contributed by atoms with E-state index in [0.717, 1.165) is 57.9 Å². The van der Waals surface area contributed by atoms with Crippen molar-refractivity contribution in [1.29, 1.82) is 0 Å². The smallest absolute Gasteiger partial charge is 0.254 e. The number of benzene rings is 3.